The molecular formula is C16H18ClNO. The predicted molar refractivity (Wildman–Crippen MR) is 77.9 cm³/mol. The van der Waals surface area contributed by atoms with E-state index in [0.29, 0.717) is 17.0 Å². The fourth-order valence-corrected chi connectivity index (χ4v) is 3.63. The highest BCUT2D eigenvalue weighted by Gasteiger charge is 2.39. The van der Waals surface area contributed by atoms with Gasteiger partial charge in [0, 0.05) is 17.1 Å². The van der Waals surface area contributed by atoms with Gasteiger partial charge in [-0.15, -0.1) is 0 Å². The third-order valence-electron chi connectivity index (χ3n) is 4.39. The van der Waals surface area contributed by atoms with E-state index in [-0.39, 0.29) is 5.91 Å². The second-order valence-electron chi connectivity index (χ2n) is 5.64. The molecule has 100 valence electrons. The molecule has 2 aliphatic carbocycles. The first kappa shape index (κ1) is 12.7. The minimum Gasteiger partial charge on any atom is -0.350 e. The third-order valence-corrected chi connectivity index (χ3v) is 4.73. The van der Waals surface area contributed by atoms with Crippen molar-refractivity contribution in [3.8, 4) is 0 Å². The summed E-state index contributed by atoms with van der Waals surface area (Å²) in [5.41, 5.74) is 0.882. The molecule has 0 aliphatic heterocycles. The molecule has 2 aliphatic rings. The average Bonchev–Trinajstić information content (AvgIpc) is 3.00. The van der Waals surface area contributed by atoms with Gasteiger partial charge in [-0.05, 0) is 48.8 Å². The van der Waals surface area contributed by atoms with Crippen molar-refractivity contribution in [2.24, 2.45) is 11.8 Å². The quantitative estimate of drug-likeness (QED) is 0.838. The van der Waals surface area contributed by atoms with Crippen LogP contribution in [0.4, 0.5) is 0 Å². The molecule has 0 heterocycles. The molecule has 0 saturated heterocycles. The molecule has 2 saturated carbocycles. The zero-order valence-corrected chi connectivity index (χ0v) is 11.6. The molecule has 3 rings (SSSR count). The number of hydrogen-bond donors (Lipinski definition) is 1. The van der Waals surface area contributed by atoms with Crippen molar-refractivity contribution < 1.29 is 4.79 Å². The Hall–Kier alpha value is -1.28. The fraction of sp³-hybridized carbons (Fsp3) is 0.438. The lowest BCUT2D eigenvalue weighted by molar-refractivity contribution is -0.117. The Morgan fingerprint density at radius 1 is 1.26 bits per heavy atom. The van der Waals surface area contributed by atoms with Gasteiger partial charge in [0.15, 0.2) is 0 Å². The molecule has 2 fully saturated rings. The molecule has 3 heteroatoms. The van der Waals surface area contributed by atoms with Gasteiger partial charge in [0.1, 0.15) is 0 Å². The molecule has 0 unspecified atom stereocenters. The van der Waals surface area contributed by atoms with E-state index in [4.69, 9.17) is 11.6 Å². The Morgan fingerprint density at radius 3 is 2.79 bits per heavy atom. The van der Waals surface area contributed by atoms with Crippen LogP contribution in [0.5, 0.6) is 0 Å². The monoisotopic (exact) mass is 275 g/mol. The molecule has 1 aromatic rings. The number of hydrogen-bond acceptors (Lipinski definition) is 1. The highest BCUT2D eigenvalue weighted by molar-refractivity contribution is 6.32. The van der Waals surface area contributed by atoms with E-state index in [1.807, 2.05) is 24.3 Å². The molecule has 0 spiro atoms. The Balaban J connectivity index is 1.58. The Bertz CT molecular complexity index is 511. The summed E-state index contributed by atoms with van der Waals surface area (Å²) in [6.07, 6.45) is 8.48. The van der Waals surface area contributed by atoms with Crippen LogP contribution in [-0.2, 0) is 4.79 Å². The van der Waals surface area contributed by atoms with Crippen LogP contribution in [0.25, 0.3) is 6.08 Å². The smallest absolute Gasteiger partial charge is 0.244 e. The number of carbonyl (C=O) groups excluding carboxylic acids is 1. The van der Waals surface area contributed by atoms with Gasteiger partial charge in [-0.3, -0.25) is 4.79 Å². The van der Waals surface area contributed by atoms with Crippen molar-refractivity contribution in [1.29, 1.82) is 0 Å². The second kappa shape index (κ2) is 5.38. The Labute approximate surface area is 118 Å². The molecule has 0 radical (unpaired) electrons. The summed E-state index contributed by atoms with van der Waals surface area (Å²) < 4.78 is 0. The summed E-state index contributed by atoms with van der Waals surface area (Å²) in [7, 11) is 0. The summed E-state index contributed by atoms with van der Waals surface area (Å²) in [5.74, 6) is 1.56. The molecule has 1 aromatic carbocycles. The first-order chi connectivity index (χ1) is 9.22. The summed E-state index contributed by atoms with van der Waals surface area (Å²) in [6, 6.07) is 7.93. The summed E-state index contributed by atoms with van der Waals surface area (Å²) in [4.78, 5) is 11.9. The highest BCUT2D eigenvalue weighted by Crippen LogP contribution is 2.44. The average molecular weight is 276 g/mol. The van der Waals surface area contributed by atoms with E-state index in [9.17, 15) is 4.79 Å². The van der Waals surface area contributed by atoms with Gasteiger partial charge in [-0.2, -0.15) is 0 Å². The maximum atomic E-state index is 11.9. The molecule has 3 atom stereocenters. The van der Waals surface area contributed by atoms with Gasteiger partial charge in [0.2, 0.25) is 5.91 Å². The highest BCUT2D eigenvalue weighted by atomic mass is 35.5. The number of amides is 1. The maximum Gasteiger partial charge on any atom is 0.244 e. The van der Waals surface area contributed by atoms with Crippen molar-refractivity contribution in [2.45, 2.75) is 31.7 Å². The van der Waals surface area contributed by atoms with E-state index in [1.54, 1.807) is 12.2 Å². The van der Waals surface area contributed by atoms with Crippen LogP contribution in [0.15, 0.2) is 30.3 Å². The number of nitrogens with one attached hydrogen (secondary N) is 1. The Morgan fingerprint density at radius 2 is 2.11 bits per heavy atom. The van der Waals surface area contributed by atoms with Crippen LogP contribution in [0.2, 0.25) is 5.02 Å². The first-order valence-corrected chi connectivity index (χ1v) is 7.33. The van der Waals surface area contributed by atoms with E-state index >= 15 is 0 Å². The van der Waals surface area contributed by atoms with Gasteiger partial charge >= 0.3 is 0 Å². The van der Waals surface area contributed by atoms with E-state index in [2.05, 4.69) is 5.32 Å². The van der Waals surface area contributed by atoms with Crippen LogP contribution in [0.1, 0.15) is 31.2 Å². The van der Waals surface area contributed by atoms with E-state index in [1.165, 1.54) is 19.3 Å². The van der Waals surface area contributed by atoms with E-state index in [0.717, 1.165) is 17.9 Å². The fourth-order valence-electron chi connectivity index (χ4n) is 3.43. The molecule has 2 nitrogen and oxygen atoms in total. The van der Waals surface area contributed by atoms with Crippen LogP contribution < -0.4 is 5.32 Å². The number of benzene rings is 1. The van der Waals surface area contributed by atoms with Crippen molar-refractivity contribution in [1.82, 2.24) is 5.32 Å². The molecule has 2 bridgehead atoms. The lowest BCUT2D eigenvalue weighted by atomic mass is 9.95. The molecule has 1 amide bonds. The zero-order chi connectivity index (χ0) is 13.2. The zero-order valence-electron chi connectivity index (χ0n) is 10.8. The third kappa shape index (κ3) is 2.84. The largest absolute Gasteiger partial charge is 0.350 e. The van der Waals surface area contributed by atoms with Gasteiger partial charge in [0.05, 0.1) is 0 Å². The normalized spacial score (nSPS) is 29.0. The van der Waals surface area contributed by atoms with Crippen LogP contribution >= 0.6 is 11.6 Å². The van der Waals surface area contributed by atoms with Crippen LogP contribution in [-0.4, -0.2) is 11.9 Å². The van der Waals surface area contributed by atoms with E-state index < -0.39 is 0 Å². The Kier molecular flexibility index (Phi) is 3.61. The van der Waals surface area contributed by atoms with Gasteiger partial charge in [-0.25, -0.2) is 0 Å². The number of fused-ring (bicyclic) bond motifs is 2. The second-order valence-corrected chi connectivity index (χ2v) is 6.05. The number of carbonyl (C=O) groups is 1. The number of halogens is 1. The van der Waals surface area contributed by atoms with Crippen molar-refractivity contribution in [2.75, 3.05) is 0 Å². The van der Waals surface area contributed by atoms with Crippen LogP contribution in [0, 0.1) is 11.8 Å². The topological polar surface area (TPSA) is 29.1 Å². The van der Waals surface area contributed by atoms with Gasteiger partial charge in [-0.1, -0.05) is 36.2 Å². The molecule has 19 heavy (non-hydrogen) atoms. The lowest BCUT2D eigenvalue weighted by Crippen LogP contribution is -2.37. The summed E-state index contributed by atoms with van der Waals surface area (Å²) >= 11 is 6.05. The van der Waals surface area contributed by atoms with Crippen molar-refractivity contribution in [3.05, 3.63) is 40.9 Å². The minimum atomic E-state index is -0.00234. The lowest BCUT2D eigenvalue weighted by Gasteiger charge is -2.22. The minimum absolute atomic E-state index is 0.00234. The molecule has 0 aromatic heterocycles. The molecule has 1 N–H and O–H groups in total. The van der Waals surface area contributed by atoms with Crippen LogP contribution in [0.3, 0.4) is 0 Å². The van der Waals surface area contributed by atoms with Gasteiger partial charge in [0.25, 0.3) is 0 Å². The summed E-state index contributed by atoms with van der Waals surface area (Å²) in [5, 5.41) is 3.80. The first-order valence-electron chi connectivity index (χ1n) is 6.95. The summed E-state index contributed by atoms with van der Waals surface area (Å²) in [6.45, 7) is 0. The standard InChI is InChI=1S/C16H18ClNO/c17-14-4-2-1-3-12(14)7-8-16(19)18-15-10-11-5-6-13(15)9-11/h1-4,7-8,11,13,15H,5-6,9-10H2,(H,18,19)/b8-7+/t11-,13-,15-/m1/s1. The number of rotatable bonds is 3. The SMILES string of the molecule is O=C(/C=C/c1ccccc1Cl)N[C@@H]1C[C@@H]2CC[C@@H]1C2. The van der Waals surface area contributed by atoms with Gasteiger partial charge < -0.3 is 5.32 Å². The molecular weight excluding hydrogens is 258 g/mol. The van der Waals surface area contributed by atoms with Crippen molar-refractivity contribution >= 4 is 23.6 Å². The predicted octanol–water partition coefficient (Wildman–Crippen LogP) is 3.66. The van der Waals surface area contributed by atoms with Crippen molar-refractivity contribution in [3.63, 3.8) is 0 Å². The maximum absolute atomic E-state index is 11.9.